The number of piperidine rings is 2. The van der Waals surface area contributed by atoms with Gasteiger partial charge >= 0.3 is 0 Å². The predicted octanol–water partition coefficient (Wildman–Crippen LogP) is 4.60. The predicted molar refractivity (Wildman–Crippen MR) is 156 cm³/mol. The molecule has 3 aliphatic heterocycles. The van der Waals surface area contributed by atoms with Gasteiger partial charge in [-0.15, -0.1) is 24.8 Å². The standard InChI is InChI=1S/C30H38F2N4O2.2ClH/c31-27-11-3-1-7-23(27)19-33-13-5-9-25(21-33)29(37)35-15-17-36(18-16-35)30(38)26-10-6-14-34(22-26)20-24-8-2-4-12-28(24)32;;/h1-4,7-8,11-12,25-26H,5-6,9-10,13-22H2;2*1H. The van der Waals surface area contributed by atoms with Crippen molar-refractivity contribution in [3.63, 3.8) is 0 Å². The van der Waals surface area contributed by atoms with Gasteiger partial charge in [-0.3, -0.25) is 19.4 Å². The van der Waals surface area contributed by atoms with E-state index >= 15 is 0 Å². The molecule has 0 saturated carbocycles. The third-order valence-corrected chi connectivity index (χ3v) is 8.32. The Hall–Kier alpha value is -2.26. The van der Waals surface area contributed by atoms with Crippen molar-refractivity contribution in [2.45, 2.75) is 38.8 Å². The minimum Gasteiger partial charge on any atom is -0.339 e. The number of nitrogens with zero attached hydrogens (tertiary/aromatic N) is 4. The van der Waals surface area contributed by atoms with Gasteiger partial charge in [0.1, 0.15) is 11.6 Å². The Morgan fingerprint density at radius 3 is 1.38 bits per heavy atom. The van der Waals surface area contributed by atoms with Gasteiger partial charge in [-0.1, -0.05) is 36.4 Å². The van der Waals surface area contributed by atoms with E-state index in [9.17, 15) is 18.4 Å². The van der Waals surface area contributed by atoms with Crippen molar-refractivity contribution in [1.29, 1.82) is 0 Å². The molecule has 220 valence electrons. The summed E-state index contributed by atoms with van der Waals surface area (Å²) in [6.45, 7) is 6.30. The fourth-order valence-electron chi connectivity index (χ4n) is 6.20. The Balaban J connectivity index is 0.00000220. The molecule has 0 aromatic heterocycles. The minimum atomic E-state index is -0.199. The van der Waals surface area contributed by atoms with Gasteiger partial charge in [0.15, 0.2) is 0 Å². The summed E-state index contributed by atoms with van der Waals surface area (Å²) in [6.07, 6.45) is 3.56. The zero-order chi connectivity index (χ0) is 26.5. The molecule has 0 radical (unpaired) electrons. The second-order valence-electron chi connectivity index (χ2n) is 11.0. The number of benzene rings is 2. The fourth-order valence-corrected chi connectivity index (χ4v) is 6.20. The van der Waals surface area contributed by atoms with Crippen LogP contribution in [0.25, 0.3) is 0 Å². The van der Waals surface area contributed by atoms with E-state index in [1.165, 1.54) is 12.1 Å². The zero-order valence-electron chi connectivity index (χ0n) is 22.9. The summed E-state index contributed by atoms with van der Waals surface area (Å²) in [5.41, 5.74) is 1.34. The number of hydrogen-bond donors (Lipinski definition) is 0. The molecular formula is C30H40Cl2F2N4O2. The van der Waals surface area contributed by atoms with Crippen LogP contribution in [0.1, 0.15) is 36.8 Å². The number of halogens is 4. The van der Waals surface area contributed by atoms with Crippen molar-refractivity contribution in [3.05, 3.63) is 71.3 Å². The molecule has 2 amide bonds. The first-order valence-electron chi connectivity index (χ1n) is 14.0. The van der Waals surface area contributed by atoms with Crippen LogP contribution in [-0.2, 0) is 22.7 Å². The molecule has 6 nitrogen and oxygen atoms in total. The molecule has 0 N–H and O–H groups in total. The summed E-state index contributed by atoms with van der Waals surface area (Å²) in [7, 11) is 0. The van der Waals surface area contributed by atoms with Crippen molar-refractivity contribution in [2.75, 3.05) is 52.4 Å². The first-order chi connectivity index (χ1) is 18.5. The van der Waals surface area contributed by atoms with Gasteiger partial charge in [0.25, 0.3) is 0 Å². The summed E-state index contributed by atoms with van der Waals surface area (Å²) in [4.78, 5) is 34.8. The van der Waals surface area contributed by atoms with Crippen molar-refractivity contribution < 1.29 is 18.4 Å². The second-order valence-corrected chi connectivity index (χ2v) is 11.0. The number of rotatable bonds is 6. The van der Waals surface area contributed by atoms with E-state index in [1.807, 2.05) is 34.1 Å². The van der Waals surface area contributed by atoms with Crippen molar-refractivity contribution >= 4 is 36.6 Å². The molecule has 2 unspecified atom stereocenters. The van der Waals surface area contributed by atoms with Crippen molar-refractivity contribution in [3.8, 4) is 0 Å². The molecule has 40 heavy (non-hydrogen) atoms. The van der Waals surface area contributed by atoms with E-state index in [0.29, 0.717) is 63.5 Å². The molecule has 3 aliphatic rings. The lowest BCUT2D eigenvalue weighted by Gasteiger charge is -2.41. The highest BCUT2D eigenvalue weighted by Gasteiger charge is 2.34. The molecule has 10 heteroatoms. The number of carbonyl (C=O) groups excluding carboxylic acids is 2. The Morgan fingerprint density at radius 1 is 0.625 bits per heavy atom. The molecule has 0 spiro atoms. The Morgan fingerprint density at radius 2 is 1.00 bits per heavy atom. The van der Waals surface area contributed by atoms with Crippen LogP contribution < -0.4 is 0 Å². The third-order valence-electron chi connectivity index (χ3n) is 8.32. The van der Waals surface area contributed by atoms with Crippen molar-refractivity contribution in [1.82, 2.24) is 19.6 Å². The van der Waals surface area contributed by atoms with E-state index < -0.39 is 0 Å². The molecule has 0 bridgehead atoms. The average molecular weight is 598 g/mol. The van der Waals surface area contributed by atoms with Crippen LogP contribution in [0.2, 0.25) is 0 Å². The number of piperazine rings is 1. The Kier molecular flexibility index (Phi) is 12.2. The topological polar surface area (TPSA) is 47.1 Å². The van der Waals surface area contributed by atoms with Crippen LogP contribution in [-0.4, -0.2) is 83.8 Å². The zero-order valence-corrected chi connectivity index (χ0v) is 24.5. The van der Waals surface area contributed by atoms with Gasteiger partial charge in [-0.05, 0) is 50.9 Å². The monoisotopic (exact) mass is 596 g/mol. The maximum atomic E-state index is 14.1. The van der Waals surface area contributed by atoms with Crippen molar-refractivity contribution in [2.24, 2.45) is 11.8 Å². The smallest absolute Gasteiger partial charge is 0.227 e. The van der Waals surface area contributed by atoms with Crippen LogP contribution in [0.4, 0.5) is 8.78 Å². The molecule has 3 saturated heterocycles. The largest absolute Gasteiger partial charge is 0.339 e. The highest BCUT2D eigenvalue weighted by molar-refractivity contribution is 5.85. The molecular weight excluding hydrogens is 557 g/mol. The number of carbonyl (C=O) groups is 2. The normalized spacial score (nSPS) is 22.2. The lowest BCUT2D eigenvalue weighted by molar-refractivity contribution is -0.146. The second kappa shape index (κ2) is 15.1. The van der Waals surface area contributed by atoms with E-state index in [0.717, 1.165) is 38.8 Å². The number of hydrogen-bond acceptors (Lipinski definition) is 4. The van der Waals surface area contributed by atoms with E-state index in [2.05, 4.69) is 9.80 Å². The van der Waals surface area contributed by atoms with Gasteiger partial charge in [0.2, 0.25) is 11.8 Å². The third kappa shape index (κ3) is 7.93. The molecule has 2 aromatic rings. The Bertz CT molecular complexity index is 1040. The molecule has 2 atom stereocenters. The summed E-state index contributed by atoms with van der Waals surface area (Å²) in [6, 6.07) is 13.7. The molecule has 3 fully saturated rings. The van der Waals surface area contributed by atoms with Gasteiger partial charge in [-0.2, -0.15) is 0 Å². The minimum absolute atomic E-state index is 0. The highest BCUT2D eigenvalue weighted by Crippen LogP contribution is 2.24. The SMILES string of the molecule is Cl.Cl.O=C(C1CCCN(Cc2ccccc2F)C1)N1CCN(C(=O)C2CCCN(Cc3ccccc3F)C2)CC1. The molecule has 2 aromatic carbocycles. The lowest BCUT2D eigenvalue weighted by atomic mass is 9.94. The van der Waals surface area contributed by atoms with Crippen LogP contribution in [0.15, 0.2) is 48.5 Å². The number of likely N-dealkylation sites (tertiary alicyclic amines) is 2. The summed E-state index contributed by atoms with van der Waals surface area (Å²) < 4.78 is 28.2. The summed E-state index contributed by atoms with van der Waals surface area (Å²) in [5.74, 6) is -0.246. The Labute approximate surface area is 248 Å². The maximum Gasteiger partial charge on any atom is 0.227 e. The summed E-state index contributed by atoms with van der Waals surface area (Å²) in [5, 5.41) is 0. The maximum absolute atomic E-state index is 14.1. The van der Waals surface area contributed by atoms with Gasteiger partial charge in [0, 0.05) is 63.5 Å². The quantitative estimate of drug-likeness (QED) is 0.489. The first kappa shape index (κ1) is 32.3. The lowest BCUT2D eigenvalue weighted by Crippen LogP contribution is -2.55. The van der Waals surface area contributed by atoms with Gasteiger partial charge in [0.05, 0.1) is 11.8 Å². The molecule has 5 rings (SSSR count). The van der Waals surface area contributed by atoms with Crippen LogP contribution in [0.3, 0.4) is 0 Å². The number of amides is 2. The highest BCUT2D eigenvalue weighted by atomic mass is 35.5. The fraction of sp³-hybridized carbons (Fsp3) is 0.533. The molecule has 3 heterocycles. The van der Waals surface area contributed by atoms with Crippen LogP contribution in [0, 0.1) is 23.5 Å². The van der Waals surface area contributed by atoms with Crippen LogP contribution in [0.5, 0.6) is 0 Å². The molecule has 0 aliphatic carbocycles. The van der Waals surface area contributed by atoms with E-state index in [4.69, 9.17) is 0 Å². The van der Waals surface area contributed by atoms with Gasteiger partial charge < -0.3 is 9.80 Å². The van der Waals surface area contributed by atoms with Crippen LogP contribution >= 0.6 is 24.8 Å². The summed E-state index contributed by atoms with van der Waals surface area (Å²) >= 11 is 0. The first-order valence-corrected chi connectivity index (χ1v) is 14.0. The van der Waals surface area contributed by atoms with E-state index in [1.54, 1.807) is 12.1 Å². The average Bonchev–Trinajstić information content (AvgIpc) is 2.95. The van der Waals surface area contributed by atoms with Gasteiger partial charge in [-0.25, -0.2) is 8.78 Å². The van der Waals surface area contributed by atoms with E-state index in [-0.39, 0.29) is 60.1 Å².